The van der Waals surface area contributed by atoms with E-state index in [4.69, 9.17) is 4.74 Å². The molecule has 1 aliphatic heterocycles. The van der Waals surface area contributed by atoms with Gasteiger partial charge in [0.25, 0.3) is 11.6 Å². The summed E-state index contributed by atoms with van der Waals surface area (Å²) in [4.78, 5) is 28.1. The molecule has 148 valence electrons. The quantitative estimate of drug-likeness (QED) is 0.608. The molecule has 0 radical (unpaired) electrons. The first-order valence-electron chi connectivity index (χ1n) is 9.24. The number of para-hydroxylation sites is 2. The number of hydrogen-bond acceptors (Lipinski definition) is 6. The maximum absolute atomic E-state index is 13.0. The van der Waals surface area contributed by atoms with E-state index in [-0.39, 0.29) is 11.3 Å². The number of nitro groups is 1. The number of nitrogens with zero attached hydrogens (tertiary/aromatic N) is 3. The van der Waals surface area contributed by atoms with Crippen LogP contribution in [0.4, 0.5) is 17.1 Å². The average Bonchev–Trinajstić information content (AvgIpc) is 2.70. The van der Waals surface area contributed by atoms with Crippen LogP contribution in [0.5, 0.6) is 5.75 Å². The van der Waals surface area contributed by atoms with Crippen LogP contribution in [0.3, 0.4) is 0 Å². The third-order valence-corrected chi connectivity index (χ3v) is 4.71. The average molecular weight is 384 g/mol. The highest BCUT2D eigenvalue weighted by Gasteiger charge is 2.23. The van der Waals surface area contributed by atoms with Crippen molar-refractivity contribution in [3.05, 3.63) is 58.1 Å². The van der Waals surface area contributed by atoms with E-state index in [1.165, 1.54) is 12.1 Å². The first kappa shape index (κ1) is 19.6. The zero-order valence-corrected chi connectivity index (χ0v) is 16.1. The molecule has 0 unspecified atom stereocenters. The molecule has 0 aromatic heterocycles. The number of hydrogen-bond donors (Lipinski definition) is 1. The molecule has 1 saturated heterocycles. The van der Waals surface area contributed by atoms with Gasteiger partial charge in [0.1, 0.15) is 5.75 Å². The third-order valence-electron chi connectivity index (χ3n) is 4.71. The van der Waals surface area contributed by atoms with Crippen molar-refractivity contribution in [3.8, 4) is 5.75 Å². The van der Waals surface area contributed by atoms with Crippen LogP contribution in [-0.2, 0) is 0 Å². The second-order valence-corrected chi connectivity index (χ2v) is 6.63. The molecule has 0 saturated carbocycles. The van der Waals surface area contributed by atoms with Crippen LogP contribution in [0.25, 0.3) is 0 Å². The lowest BCUT2D eigenvalue weighted by Crippen LogP contribution is -2.45. The number of piperazine rings is 1. The molecule has 1 fully saturated rings. The lowest BCUT2D eigenvalue weighted by Gasteiger charge is -2.34. The van der Waals surface area contributed by atoms with E-state index in [1.54, 1.807) is 24.3 Å². The number of amides is 1. The topological polar surface area (TPSA) is 87.9 Å². The molecule has 0 aliphatic carbocycles. The highest BCUT2D eigenvalue weighted by Crippen LogP contribution is 2.29. The van der Waals surface area contributed by atoms with E-state index in [0.29, 0.717) is 23.7 Å². The van der Waals surface area contributed by atoms with E-state index in [9.17, 15) is 14.9 Å². The Morgan fingerprint density at radius 3 is 2.57 bits per heavy atom. The number of ether oxygens (including phenoxy) is 1. The van der Waals surface area contributed by atoms with E-state index in [1.807, 2.05) is 20.0 Å². The number of nitrogens with one attached hydrogen (secondary N) is 1. The molecule has 1 N–H and O–H groups in total. The molecule has 1 aliphatic rings. The van der Waals surface area contributed by atoms with Crippen molar-refractivity contribution < 1.29 is 14.5 Å². The highest BCUT2D eigenvalue weighted by molar-refractivity contribution is 6.09. The Morgan fingerprint density at radius 2 is 1.89 bits per heavy atom. The number of carbonyl (C=O) groups excluding carboxylic acids is 1. The molecule has 8 heteroatoms. The van der Waals surface area contributed by atoms with Gasteiger partial charge >= 0.3 is 0 Å². The molecular formula is C20H24N4O4. The van der Waals surface area contributed by atoms with Gasteiger partial charge < -0.3 is 19.9 Å². The highest BCUT2D eigenvalue weighted by atomic mass is 16.6. The van der Waals surface area contributed by atoms with Crippen LogP contribution in [0.1, 0.15) is 17.3 Å². The summed E-state index contributed by atoms with van der Waals surface area (Å²) < 4.78 is 5.56. The van der Waals surface area contributed by atoms with E-state index in [2.05, 4.69) is 15.1 Å². The molecule has 3 rings (SSSR count). The SMILES string of the molecule is CCOc1ccccc1NC(=O)c1cc([N+](=O)[O-])ccc1N1CCN(C)CC1. The van der Waals surface area contributed by atoms with Crippen molar-refractivity contribution in [2.45, 2.75) is 6.92 Å². The summed E-state index contributed by atoms with van der Waals surface area (Å²) in [6, 6.07) is 11.6. The van der Waals surface area contributed by atoms with Gasteiger partial charge in [-0.1, -0.05) is 12.1 Å². The Hall–Kier alpha value is -3.13. The number of likely N-dealkylation sites (N-methyl/N-ethyl adjacent to an activating group) is 1. The fourth-order valence-electron chi connectivity index (χ4n) is 3.18. The van der Waals surface area contributed by atoms with Crippen molar-refractivity contribution in [1.29, 1.82) is 0 Å². The van der Waals surface area contributed by atoms with Gasteiger partial charge in [-0.25, -0.2) is 0 Å². The predicted molar refractivity (Wildman–Crippen MR) is 108 cm³/mol. The van der Waals surface area contributed by atoms with Crippen LogP contribution in [-0.4, -0.2) is 55.6 Å². The minimum absolute atomic E-state index is 0.110. The van der Waals surface area contributed by atoms with Crippen LogP contribution in [0.2, 0.25) is 0 Å². The molecule has 28 heavy (non-hydrogen) atoms. The Balaban J connectivity index is 1.93. The zero-order chi connectivity index (χ0) is 20.1. The summed E-state index contributed by atoms with van der Waals surface area (Å²) >= 11 is 0. The van der Waals surface area contributed by atoms with Crippen molar-refractivity contribution >= 4 is 23.0 Å². The molecule has 0 atom stereocenters. The van der Waals surface area contributed by atoms with Gasteiger partial charge in [-0.3, -0.25) is 14.9 Å². The summed E-state index contributed by atoms with van der Waals surface area (Å²) in [6.45, 7) is 5.57. The second-order valence-electron chi connectivity index (χ2n) is 6.63. The van der Waals surface area contributed by atoms with Gasteiger partial charge in [0.05, 0.1) is 28.5 Å². The first-order valence-corrected chi connectivity index (χ1v) is 9.24. The first-order chi connectivity index (χ1) is 13.5. The predicted octanol–water partition coefficient (Wildman–Crippen LogP) is 3.00. The van der Waals surface area contributed by atoms with Crippen molar-refractivity contribution in [3.63, 3.8) is 0 Å². The van der Waals surface area contributed by atoms with Crippen LogP contribution >= 0.6 is 0 Å². The molecule has 0 bridgehead atoms. The minimum Gasteiger partial charge on any atom is -0.492 e. The lowest BCUT2D eigenvalue weighted by molar-refractivity contribution is -0.384. The molecule has 2 aromatic carbocycles. The number of rotatable bonds is 6. The van der Waals surface area contributed by atoms with Crippen LogP contribution in [0, 0.1) is 10.1 Å². The fourth-order valence-corrected chi connectivity index (χ4v) is 3.18. The Bertz CT molecular complexity index is 863. The standard InChI is InChI=1S/C20H24N4O4/c1-3-28-19-7-5-4-6-17(19)21-20(25)16-14-15(24(26)27)8-9-18(16)23-12-10-22(2)11-13-23/h4-9,14H,3,10-13H2,1-2H3,(H,21,25). The Morgan fingerprint density at radius 1 is 1.18 bits per heavy atom. The van der Waals surface area contributed by atoms with Gasteiger partial charge in [-0.05, 0) is 32.2 Å². The van der Waals surface area contributed by atoms with Crippen LogP contribution < -0.4 is 15.0 Å². The zero-order valence-electron chi connectivity index (χ0n) is 16.1. The molecule has 1 heterocycles. The smallest absolute Gasteiger partial charge is 0.270 e. The van der Waals surface area contributed by atoms with Gasteiger partial charge in [0, 0.05) is 38.3 Å². The van der Waals surface area contributed by atoms with Gasteiger partial charge in [0.2, 0.25) is 0 Å². The summed E-state index contributed by atoms with van der Waals surface area (Å²) in [6.07, 6.45) is 0. The summed E-state index contributed by atoms with van der Waals surface area (Å²) in [5, 5.41) is 14.1. The van der Waals surface area contributed by atoms with Crippen molar-refractivity contribution in [2.24, 2.45) is 0 Å². The molecule has 2 aromatic rings. The summed E-state index contributed by atoms with van der Waals surface area (Å²) in [7, 11) is 2.05. The molecular weight excluding hydrogens is 360 g/mol. The van der Waals surface area contributed by atoms with Gasteiger partial charge in [0.15, 0.2) is 0 Å². The van der Waals surface area contributed by atoms with E-state index >= 15 is 0 Å². The number of carbonyl (C=O) groups is 1. The molecule has 0 spiro atoms. The number of anilines is 2. The monoisotopic (exact) mass is 384 g/mol. The molecule has 8 nitrogen and oxygen atoms in total. The van der Waals surface area contributed by atoms with E-state index < -0.39 is 10.8 Å². The van der Waals surface area contributed by atoms with E-state index in [0.717, 1.165) is 26.2 Å². The Kier molecular flexibility index (Phi) is 6.10. The number of nitro benzene ring substituents is 1. The van der Waals surface area contributed by atoms with Gasteiger partial charge in [-0.15, -0.1) is 0 Å². The maximum Gasteiger partial charge on any atom is 0.270 e. The summed E-state index contributed by atoms with van der Waals surface area (Å²) in [5.41, 5.74) is 1.40. The van der Waals surface area contributed by atoms with Crippen LogP contribution in [0.15, 0.2) is 42.5 Å². The second kappa shape index (κ2) is 8.71. The summed E-state index contributed by atoms with van der Waals surface area (Å²) in [5.74, 6) is 0.162. The maximum atomic E-state index is 13.0. The van der Waals surface area contributed by atoms with Crippen molar-refractivity contribution in [1.82, 2.24) is 4.90 Å². The van der Waals surface area contributed by atoms with Gasteiger partial charge in [-0.2, -0.15) is 0 Å². The van der Waals surface area contributed by atoms with Crippen molar-refractivity contribution in [2.75, 3.05) is 50.1 Å². The third kappa shape index (κ3) is 4.40. The normalized spacial score (nSPS) is 14.6. The minimum atomic E-state index is -0.487. The fraction of sp³-hybridized carbons (Fsp3) is 0.350. The Labute approximate surface area is 163 Å². The molecule has 1 amide bonds. The largest absolute Gasteiger partial charge is 0.492 e. The number of benzene rings is 2. The number of non-ortho nitro benzene ring substituents is 1. The lowest BCUT2D eigenvalue weighted by atomic mass is 10.1.